The lowest BCUT2D eigenvalue weighted by Crippen LogP contribution is -2.21. The Morgan fingerprint density at radius 1 is 1.58 bits per heavy atom. The predicted molar refractivity (Wildman–Crippen MR) is 70.1 cm³/mol. The largest absolute Gasteiger partial charge is 0.396 e. The highest BCUT2D eigenvalue weighted by atomic mass is 35.5. The van der Waals surface area contributed by atoms with Gasteiger partial charge in [0.2, 0.25) is 0 Å². The summed E-state index contributed by atoms with van der Waals surface area (Å²) < 4.78 is 13.3. The maximum Gasteiger partial charge on any atom is 0.295 e. The number of hydrogen-bond acceptors (Lipinski definition) is 4. The molecule has 1 unspecified atom stereocenters. The zero-order valence-corrected chi connectivity index (χ0v) is 10.9. The summed E-state index contributed by atoms with van der Waals surface area (Å²) in [7, 11) is 0. The summed E-state index contributed by atoms with van der Waals surface area (Å²) in [4.78, 5) is 12.2. The van der Waals surface area contributed by atoms with E-state index >= 15 is 0 Å². The van der Waals surface area contributed by atoms with Crippen molar-refractivity contribution in [2.75, 3.05) is 24.6 Å². The van der Waals surface area contributed by atoms with Crippen molar-refractivity contribution >= 4 is 23.0 Å². The standard InChI is InChI=1S/C12H14ClFN2O3/c13-9-5-11(12(16(18)19)6-10(9)14)15-3-1-8(7-15)2-4-17/h5-6,8,17H,1-4,7H2. The second-order valence-corrected chi connectivity index (χ2v) is 5.03. The van der Waals surface area contributed by atoms with Gasteiger partial charge in [0, 0.05) is 19.7 Å². The lowest BCUT2D eigenvalue weighted by molar-refractivity contribution is -0.384. The van der Waals surface area contributed by atoms with Gasteiger partial charge in [-0.3, -0.25) is 10.1 Å². The summed E-state index contributed by atoms with van der Waals surface area (Å²) in [6.45, 7) is 1.36. The average molecular weight is 289 g/mol. The van der Waals surface area contributed by atoms with E-state index in [2.05, 4.69) is 0 Å². The van der Waals surface area contributed by atoms with Gasteiger partial charge in [-0.25, -0.2) is 4.39 Å². The van der Waals surface area contributed by atoms with E-state index in [1.54, 1.807) is 0 Å². The van der Waals surface area contributed by atoms with E-state index in [9.17, 15) is 14.5 Å². The Morgan fingerprint density at radius 3 is 2.95 bits per heavy atom. The maximum absolute atomic E-state index is 13.3. The third kappa shape index (κ3) is 2.96. The SMILES string of the molecule is O=[N+]([O-])c1cc(F)c(Cl)cc1N1CCC(CCO)C1. The molecule has 0 aliphatic carbocycles. The molecule has 2 rings (SSSR count). The summed E-state index contributed by atoms with van der Waals surface area (Å²) in [6.07, 6.45) is 1.52. The number of nitro benzene ring substituents is 1. The monoisotopic (exact) mass is 288 g/mol. The number of halogens is 2. The predicted octanol–water partition coefficient (Wildman–Crippen LogP) is 2.60. The third-order valence-electron chi connectivity index (χ3n) is 3.38. The van der Waals surface area contributed by atoms with Gasteiger partial charge >= 0.3 is 0 Å². The van der Waals surface area contributed by atoms with Gasteiger partial charge in [0.1, 0.15) is 11.5 Å². The van der Waals surface area contributed by atoms with Crippen LogP contribution in [-0.2, 0) is 0 Å². The highest BCUT2D eigenvalue weighted by Crippen LogP contribution is 2.36. The van der Waals surface area contributed by atoms with Gasteiger partial charge in [-0.05, 0) is 24.8 Å². The number of benzene rings is 1. The normalized spacial score (nSPS) is 18.9. The Labute approximate surface area is 114 Å². The third-order valence-corrected chi connectivity index (χ3v) is 3.67. The van der Waals surface area contributed by atoms with Gasteiger partial charge < -0.3 is 10.0 Å². The van der Waals surface area contributed by atoms with Crippen molar-refractivity contribution in [3.05, 3.63) is 33.1 Å². The van der Waals surface area contributed by atoms with Crippen molar-refractivity contribution in [1.29, 1.82) is 0 Å². The zero-order valence-electron chi connectivity index (χ0n) is 10.2. The first-order chi connectivity index (χ1) is 9.02. The minimum Gasteiger partial charge on any atom is -0.396 e. The molecule has 19 heavy (non-hydrogen) atoms. The Hall–Kier alpha value is -1.40. The number of rotatable bonds is 4. The van der Waals surface area contributed by atoms with E-state index in [-0.39, 0.29) is 17.3 Å². The van der Waals surface area contributed by atoms with E-state index in [4.69, 9.17) is 16.7 Å². The van der Waals surface area contributed by atoms with E-state index in [0.29, 0.717) is 31.1 Å². The molecule has 1 N–H and O–H groups in total. The molecule has 1 aromatic rings. The highest BCUT2D eigenvalue weighted by Gasteiger charge is 2.28. The Kier molecular flexibility index (Phi) is 4.21. The fourth-order valence-corrected chi connectivity index (χ4v) is 2.55. The summed E-state index contributed by atoms with van der Waals surface area (Å²) >= 11 is 5.70. The molecule has 0 saturated carbocycles. The molecule has 1 saturated heterocycles. The van der Waals surface area contributed by atoms with Gasteiger partial charge in [-0.15, -0.1) is 0 Å². The lowest BCUT2D eigenvalue weighted by Gasteiger charge is -2.19. The number of aliphatic hydroxyl groups excluding tert-OH is 1. The fraction of sp³-hybridized carbons (Fsp3) is 0.500. The molecule has 0 radical (unpaired) electrons. The number of anilines is 1. The van der Waals surface area contributed by atoms with Crippen LogP contribution in [0.3, 0.4) is 0 Å². The number of hydrogen-bond donors (Lipinski definition) is 1. The molecule has 1 atom stereocenters. The quantitative estimate of drug-likeness (QED) is 0.683. The fourth-order valence-electron chi connectivity index (χ4n) is 2.40. The first kappa shape index (κ1) is 14.0. The first-order valence-corrected chi connectivity index (χ1v) is 6.40. The van der Waals surface area contributed by atoms with Crippen LogP contribution < -0.4 is 4.90 Å². The molecule has 104 valence electrons. The van der Waals surface area contributed by atoms with Crippen LogP contribution in [-0.4, -0.2) is 29.7 Å². The summed E-state index contributed by atoms with van der Waals surface area (Å²) in [5.41, 5.74) is 0.0726. The van der Waals surface area contributed by atoms with Crippen LogP contribution in [0.5, 0.6) is 0 Å². The Morgan fingerprint density at radius 2 is 2.32 bits per heavy atom. The van der Waals surface area contributed by atoms with E-state index in [1.165, 1.54) is 6.07 Å². The van der Waals surface area contributed by atoms with Crippen molar-refractivity contribution in [2.24, 2.45) is 5.92 Å². The molecule has 7 heteroatoms. The smallest absolute Gasteiger partial charge is 0.295 e. The average Bonchev–Trinajstić information content (AvgIpc) is 2.81. The van der Waals surface area contributed by atoms with E-state index in [0.717, 1.165) is 12.5 Å². The topological polar surface area (TPSA) is 66.6 Å². The van der Waals surface area contributed by atoms with E-state index in [1.807, 2.05) is 4.90 Å². The van der Waals surface area contributed by atoms with Crippen LogP contribution in [0.25, 0.3) is 0 Å². The molecule has 1 fully saturated rings. The summed E-state index contributed by atoms with van der Waals surface area (Å²) in [6, 6.07) is 2.16. The molecule has 0 spiro atoms. The molecule has 1 aliphatic rings. The molecule has 0 amide bonds. The molecule has 1 heterocycles. The molecular weight excluding hydrogens is 275 g/mol. The van der Waals surface area contributed by atoms with Crippen molar-refractivity contribution in [1.82, 2.24) is 0 Å². The molecule has 1 aromatic carbocycles. The van der Waals surface area contributed by atoms with Crippen molar-refractivity contribution < 1.29 is 14.4 Å². The summed E-state index contributed by atoms with van der Waals surface area (Å²) in [5, 5.41) is 19.8. The first-order valence-electron chi connectivity index (χ1n) is 6.02. The van der Waals surface area contributed by atoms with Crippen LogP contribution >= 0.6 is 11.6 Å². The lowest BCUT2D eigenvalue weighted by atomic mass is 10.1. The van der Waals surface area contributed by atoms with E-state index < -0.39 is 10.7 Å². The summed E-state index contributed by atoms with van der Waals surface area (Å²) in [5.74, 6) is -0.489. The maximum atomic E-state index is 13.3. The van der Waals surface area contributed by atoms with Gasteiger partial charge in [0.25, 0.3) is 5.69 Å². The van der Waals surface area contributed by atoms with Gasteiger partial charge in [0.15, 0.2) is 0 Å². The van der Waals surface area contributed by atoms with Crippen LogP contribution in [0.2, 0.25) is 5.02 Å². The van der Waals surface area contributed by atoms with Crippen LogP contribution in [0.15, 0.2) is 12.1 Å². The second kappa shape index (κ2) is 5.71. The Balaban J connectivity index is 2.29. The molecule has 0 aromatic heterocycles. The number of nitro groups is 1. The number of nitrogens with zero attached hydrogens (tertiary/aromatic N) is 2. The van der Waals surface area contributed by atoms with Crippen molar-refractivity contribution in [3.63, 3.8) is 0 Å². The van der Waals surface area contributed by atoms with Crippen LogP contribution in [0.1, 0.15) is 12.8 Å². The Bertz CT molecular complexity index is 498. The minimum atomic E-state index is -0.789. The van der Waals surface area contributed by atoms with Crippen LogP contribution in [0.4, 0.5) is 15.8 Å². The van der Waals surface area contributed by atoms with Gasteiger partial charge in [0.05, 0.1) is 16.0 Å². The van der Waals surface area contributed by atoms with Crippen LogP contribution in [0, 0.1) is 21.8 Å². The molecule has 5 nitrogen and oxygen atoms in total. The highest BCUT2D eigenvalue weighted by molar-refractivity contribution is 6.31. The van der Waals surface area contributed by atoms with Gasteiger partial charge in [-0.2, -0.15) is 0 Å². The molecule has 1 aliphatic heterocycles. The molecular formula is C12H14ClFN2O3. The second-order valence-electron chi connectivity index (χ2n) is 4.63. The van der Waals surface area contributed by atoms with Crippen molar-refractivity contribution in [3.8, 4) is 0 Å². The zero-order chi connectivity index (χ0) is 14.0. The van der Waals surface area contributed by atoms with Crippen molar-refractivity contribution in [2.45, 2.75) is 12.8 Å². The molecule has 0 bridgehead atoms. The van der Waals surface area contributed by atoms with Gasteiger partial charge in [-0.1, -0.05) is 11.6 Å². The number of aliphatic hydroxyl groups is 1. The minimum absolute atomic E-state index is 0.102.